The Hall–Kier alpha value is -4.06. The number of nitrogens with one attached hydrogen (secondary N) is 1. The Kier molecular flexibility index (Phi) is 8.14. The maximum absolute atomic E-state index is 14.0. The molecule has 0 aliphatic heterocycles. The fraction of sp³-hybridized carbons (Fsp3) is 0.148. The average Bonchev–Trinajstić information content (AvgIpc) is 3.22. The molecule has 5 rings (SSSR count). The molecule has 0 saturated carbocycles. The predicted molar refractivity (Wildman–Crippen MR) is 152 cm³/mol. The molecule has 0 fully saturated rings. The lowest BCUT2D eigenvalue weighted by atomic mass is 10.1. The molecule has 0 saturated heterocycles. The van der Waals surface area contributed by atoms with E-state index in [0.29, 0.717) is 36.1 Å². The minimum absolute atomic E-state index is 0. The number of nitrogens with zero attached hydrogens (tertiary/aromatic N) is 5. The van der Waals surface area contributed by atoms with E-state index in [2.05, 4.69) is 15.3 Å². The summed E-state index contributed by atoms with van der Waals surface area (Å²) in [5.41, 5.74) is 3.88. The molecule has 39 heavy (non-hydrogen) atoms. The summed E-state index contributed by atoms with van der Waals surface area (Å²) in [6.45, 7) is 0.320. The maximum Gasteiger partial charge on any atom is 0.238 e. The normalized spacial score (nSPS) is 11.3. The van der Waals surface area contributed by atoms with Gasteiger partial charge in [-0.1, -0.05) is 30.3 Å². The van der Waals surface area contributed by atoms with Crippen molar-refractivity contribution in [2.24, 2.45) is 12.2 Å². The summed E-state index contributed by atoms with van der Waals surface area (Å²) >= 11 is 0. The van der Waals surface area contributed by atoms with E-state index < -0.39 is 10.0 Å². The lowest BCUT2D eigenvalue weighted by Gasteiger charge is -2.18. The molecule has 0 atom stereocenters. The zero-order valence-electron chi connectivity index (χ0n) is 21.2. The molecule has 0 unspecified atom stereocenters. The van der Waals surface area contributed by atoms with Crippen LogP contribution in [-0.2, 0) is 30.0 Å². The van der Waals surface area contributed by atoms with E-state index >= 15 is 0 Å². The van der Waals surface area contributed by atoms with Gasteiger partial charge in [-0.15, -0.1) is 12.4 Å². The second kappa shape index (κ2) is 11.4. The third-order valence-corrected chi connectivity index (χ3v) is 7.18. The van der Waals surface area contributed by atoms with Crippen molar-refractivity contribution in [2.45, 2.75) is 17.9 Å². The first kappa shape index (κ1) is 28.0. The monoisotopic (exact) mass is 567 g/mol. The van der Waals surface area contributed by atoms with E-state index in [1.165, 1.54) is 18.2 Å². The number of imidazole rings is 1. The molecule has 2 heterocycles. The lowest BCUT2D eigenvalue weighted by molar-refractivity contribution is 0.597. The van der Waals surface area contributed by atoms with Gasteiger partial charge in [0.2, 0.25) is 16.0 Å². The number of hydrogen-bond donors (Lipinski definition) is 2. The van der Waals surface area contributed by atoms with Crippen LogP contribution in [0.1, 0.15) is 17.0 Å². The summed E-state index contributed by atoms with van der Waals surface area (Å²) in [4.78, 5) is 15.7. The summed E-state index contributed by atoms with van der Waals surface area (Å²) in [7, 11) is 0.0124. The van der Waals surface area contributed by atoms with Gasteiger partial charge in [-0.25, -0.2) is 32.9 Å². The summed E-state index contributed by atoms with van der Waals surface area (Å²) in [5, 5.41) is 8.47. The highest BCUT2D eigenvalue weighted by atomic mass is 35.5. The highest BCUT2D eigenvalue weighted by Gasteiger charge is 2.14. The minimum atomic E-state index is -3.79. The van der Waals surface area contributed by atoms with Crippen LogP contribution in [0.3, 0.4) is 0 Å². The van der Waals surface area contributed by atoms with Crippen LogP contribution < -0.4 is 15.4 Å². The van der Waals surface area contributed by atoms with Crippen LogP contribution in [0, 0.1) is 5.82 Å². The van der Waals surface area contributed by atoms with Gasteiger partial charge in [0, 0.05) is 44.5 Å². The Morgan fingerprint density at radius 1 is 1.03 bits per heavy atom. The zero-order valence-corrected chi connectivity index (χ0v) is 22.9. The average molecular weight is 568 g/mol. The highest BCUT2D eigenvalue weighted by molar-refractivity contribution is 7.89. The van der Waals surface area contributed by atoms with Gasteiger partial charge in [-0.05, 0) is 48.0 Å². The Bertz CT molecular complexity index is 1740. The van der Waals surface area contributed by atoms with Crippen LogP contribution >= 0.6 is 12.4 Å². The molecule has 0 bridgehead atoms. The number of halogens is 2. The van der Waals surface area contributed by atoms with Crippen LogP contribution in [-0.4, -0.2) is 35.0 Å². The first-order valence-electron chi connectivity index (χ1n) is 11.8. The zero-order chi connectivity index (χ0) is 26.9. The number of nitrogens with two attached hydrogens (primary N) is 1. The molecule has 3 N–H and O–H groups in total. The molecule has 12 heteroatoms. The van der Waals surface area contributed by atoms with Gasteiger partial charge >= 0.3 is 0 Å². The van der Waals surface area contributed by atoms with E-state index in [4.69, 9.17) is 10.1 Å². The number of benzene rings is 3. The van der Waals surface area contributed by atoms with Crippen LogP contribution in [0.5, 0.6) is 0 Å². The standard InChI is InChI=1S/C27H26FN7O2S.ClH/c1-34(26-12-13-30-25(33-26)15-18-6-5-8-21(14-18)38(29,36)37)20-10-11-24-23(16-20)32-27(35(24)2)31-17-19-7-3-4-9-22(19)28;/h3-14,16H,15,17H2,1-2H3,(H,31,32)(H2,29,36,37);1H. The lowest BCUT2D eigenvalue weighted by Crippen LogP contribution is -2.13. The van der Waals surface area contributed by atoms with E-state index in [0.717, 1.165) is 22.3 Å². The van der Waals surface area contributed by atoms with Gasteiger partial charge in [0.15, 0.2) is 0 Å². The molecule has 0 aliphatic carbocycles. The van der Waals surface area contributed by atoms with Crippen LogP contribution in [0.4, 0.5) is 21.8 Å². The van der Waals surface area contributed by atoms with Crippen molar-refractivity contribution in [1.29, 1.82) is 0 Å². The first-order chi connectivity index (χ1) is 18.2. The smallest absolute Gasteiger partial charge is 0.238 e. The van der Waals surface area contributed by atoms with Gasteiger partial charge in [-0.2, -0.15) is 0 Å². The fourth-order valence-electron chi connectivity index (χ4n) is 4.18. The SMILES string of the molecule is CN(c1ccc2c(c1)nc(NCc1ccccc1F)n2C)c1ccnc(Cc2cccc(S(N)(=O)=O)c2)n1.Cl. The van der Waals surface area contributed by atoms with Crippen molar-refractivity contribution < 1.29 is 12.8 Å². The van der Waals surface area contributed by atoms with E-state index in [-0.39, 0.29) is 23.1 Å². The molecule has 3 aromatic carbocycles. The van der Waals surface area contributed by atoms with Crippen LogP contribution in [0.2, 0.25) is 0 Å². The molecule has 202 valence electrons. The Labute approximate surface area is 232 Å². The number of aryl methyl sites for hydroxylation is 1. The van der Waals surface area contributed by atoms with Gasteiger partial charge in [-0.3, -0.25) is 0 Å². The van der Waals surface area contributed by atoms with Crippen molar-refractivity contribution in [3.63, 3.8) is 0 Å². The third kappa shape index (κ3) is 6.17. The molecule has 0 aliphatic rings. The first-order valence-corrected chi connectivity index (χ1v) is 13.3. The summed E-state index contributed by atoms with van der Waals surface area (Å²) in [5.74, 6) is 1.59. The molecule has 5 aromatic rings. The fourth-order valence-corrected chi connectivity index (χ4v) is 4.76. The van der Waals surface area contributed by atoms with Crippen molar-refractivity contribution in [1.82, 2.24) is 19.5 Å². The number of aromatic nitrogens is 4. The minimum Gasteiger partial charge on any atom is -0.351 e. The summed E-state index contributed by atoms with van der Waals surface area (Å²) < 4.78 is 39.3. The van der Waals surface area contributed by atoms with Gasteiger partial charge < -0.3 is 14.8 Å². The summed E-state index contributed by atoms with van der Waals surface area (Å²) in [6.07, 6.45) is 2.02. The van der Waals surface area contributed by atoms with Gasteiger partial charge in [0.25, 0.3) is 0 Å². The quantitative estimate of drug-likeness (QED) is 0.282. The van der Waals surface area contributed by atoms with Crippen molar-refractivity contribution >= 4 is 50.9 Å². The third-order valence-electron chi connectivity index (χ3n) is 6.27. The van der Waals surface area contributed by atoms with E-state index in [1.54, 1.807) is 42.6 Å². The number of rotatable bonds is 8. The van der Waals surface area contributed by atoms with Gasteiger partial charge in [0.05, 0.1) is 15.9 Å². The molecule has 0 amide bonds. The molecule has 0 spiro atoms. The highest BCUT2D eigenvalue weighted by Crippen LogP contribution is 2.28. The molecule has 0 radical (unpaired) electrons. The van der Waals surface area contributed by atoms with Crippen LogP contribution in [0.25, 0.3) is 11.0 Å². The number of anilines is 3. The topological polar surface area (TPSA) is 119 Å². The Morgan fingerprint density at radius 2 is 1.82 bits per heavy atom. The Balaban J connectivity index is 0.00000353. The second-order valence-electron chi connectivity index (χ2n) is 8.87. The summed E-state index contributed by atoms with van der Waals surface area (Å²) in [6, 6.07) is 20.8. The predicted octanol–water partition coefficient (Wildman–Crippen LogP) is 4.54. The van der Waals surface area contributed by atoms with Crippen molar-refractivity contribution in [3.05, 3.63) is 102 Å². The second-order valence-corrected chi connectivity index (χ2v) is 10.4. The molecular formula is C27H27ClFN7O2S. The molecule has 2 aromatic heterocycles. The number of fused-ring (bicyclic) bond motifs is 1. The largest absolute Gasteiger partial charge is 0.351 e. The number of primary sulfonamides is 1. The molecular weight excluding hydrogens is 541 g/mol. The molecule has 9 nitrogen and oxygen atoms in total. The van der Waals surface area contributed by atoms with E-state index in [1.807, 2.05) is 41.8 Å². The maximum atomic E-state index is 14.0. The van der Waals surface area contributed by atoms with Crippen molar-refractivity contribution in [2.75, 3.05) is 17.3 Å². The van der Waals surface area contributed by atoms with Gasteiger partial charge in [0.1, 0.15) is 17.5 Å². The Morgan fingerprint density at radius 3 is 2.59 bits per heavy atom. The van der Waals surface area contributed by atoms with E-state index in [9.17, 15) is 12.8 Å². The number of hydrogen-bond acceptors (Lipinski definition) is 7. The van der Waals surface area contributed by atoms with Crippen LogP contribution in [0.15, 0.2) is 83.9 Å². The van der Waals surface area contributed by atoms with Crippen molar-refractivity contribution in [3.8, 4) is 0 Å². The number of sulfonamides is 1.